The van der Waals surface area contributed by atoms with E-state index in [9.17, 15) is 45.7 Å². The Morgan fingerprint density at radius 1 is 0.591 bits per heavy atom. The number of fused-ring (bicyclic) bond motifs is 2. The molecule has 16 heteroatoms. The van der Waals surface area contributed by atoms with Crippen LogP contribution in [0.5, 0.6) is 11.5 Å². The SMILES string of the molecule is Cc1ccc(Nc2ccc(O)c3c2C(=O)c2c(Nc4ccc(C)c(S(=O)(=O)[O-])c4)ccc(O)c2C3=O)c(S(=O)(=O)[O-])c1.[Na+].[Na+]. The van der Waals surface area contributed by atoms with Crippen LogP contribution in [0.4, 0.5) is 22.7 Å². The maximum absolute atomic E-state index is 14.0. The summed E-state index contributed by atoms with van der Waals surface area (Å²) in [4.78, 5) is 26.5. The summed E-state index contributed by atoms with van der Waals surface area (Å²) in [5.74, 6) is -2.99. The molecule has 1 aliphatic rings. The van der Waals surface area contributed by atoms with E-state index in [4.69, 9.17) is 0 Å². The van der Waals surface area contributed by atoms with Gasteiger partial charge < -0.3 is 30.0 Å². The first-order valence-corrected chi connectivity index (χ1v) is 14.9. The number of rotatable bonds is 6. The normalized spacial score (nSPS) is 12.4. The minimum atomic E-state index is -4.96. The third-order valence-corrected chi connectivity index (χ3v) is 8.54. The molecule has 0 bridgehead atoms. The van der Waals surface area contributed by atoms with E-state index >= 15 is 0 Å². The molecule has 0 aromatic heterocycles. The van der Waals surface area contributed by atoms with Crippen molar-refractivity contribution < 1.29 is 105 Å². The predicted molar refractivity (Wildman–Crippen MR) is 148 cm³/mol. The summed E-state index contributed by atoms with van der Waals surface area (Å²) in [6.45, 7) is 3.00. The summed E-state index contributed by atoms with van der Waals surface area (Å²) >= 11 is 0. The van der Waals surface area contributed by atoms with E-state index in [0.29, 0.717) is 5.56 Å². The van der Waals surface area contributed by atoms with Crippen molar-refractivity contribution in [2.75, 3.05) is 10.6 Å². The summed E-state index contributed by atoms with van der Waals surface area (Å²) in [5.41, 5.74) is -1.25. The Balaban J connectivity index is 0.00000264. The van der Waals surface area contributed by atoms with Crippen molar-refractivity contribution in [2.24, 2.45) is 0 Å². The number of ketones is 2. The first-order valence-electron chi connectivity index (χ1n) is 12.1. The first kappa shape index (κ1) is 35.7. The number of carbonyl (C=O) groups is 2. The number of aromatic hydroxyl groups is 2. The van der Waals surface area contributed by atoms with Crippen molar-refractivity contribution in [3.05, 3.63) is 94.0 Å². The summed E-state index contributed by atoms with van der Waals surface area (Å²) in [6.07, 6.45) is 0. The Bertz CT molecular complexity index is 2080. The molecular formula is C28H20N2Na2O10S2. The minimum absolute atomic E-state index is 0. The molecule has 0 amide bonds. The van der Waals surface area contributed by atoms with E-state index in [1.165, 1.54) is 43.3 Å². The molecule has 0 heterocycles. The molecule has 0 atom stereocenters. The zero-order chi connectivity index (χ0) is 30.7. The third kappa shape index (κ3) is 6.60. The molecule has 4 N–H and O–H groups in total. The molecule has 0 saturated carbocycles. The number of anilines is 4. The van der Waals surface area contributed by atoms with E-state index < -0.39 is 64.2 Å². The molecule has 4 aromatic rings. The largest absolute Gasteiger partial charge is 1.00 e. The van der Waals surface area contributed by atoms with Crippen LogP contribution < -0.4 is 69.7 Å². The van der Waals surface area contributed by atoms with E-state index in [1.807, 2.05) is 0 Å². The first-order chi connectivity index (χ1) is 19.6. The second-order valence-corrected chi connectivity index (χ2v) is 12.3. The molecular weight excluding hydrogens is 634 g/mol. The number of nitrogens with one attached hydrogen (secondary N) is 2. The van der Waals surface area contributed by atoms with Gasteiger partial charge in [0, 0.05) is 5.69 Å². The number of hydrogen-bond acceptors (Lipinski definition) is 12. The molecule has 0 saturated heterocycles. The van der Waals surface area contributed by atoms with Gasteiger partial charge in [-0.1, -0.05) is 12.1 Å². The number of aryl methyl sites for hydroxylation is 2. The smallest absolute Gasteiger partial charge is 0.744 e. The second-order valence-electron chi connectivity index (χ2n) is 9.56. The maximum Gasteiger partial charge on any atom is 1.00 e. The van der Waals surface area contributed by atoms with Crippen molar-refractivity contribution in [3.8, 4) is 11.5 Å². The van der Waals surface area contributed by atoms with Gasteiger partial charge in [0.2, 0.25) is 5.78 Å². The Hall–Kier alpha value is -2.76. The van der Waals surface area contributed by atoms with Crippen molar-refractivity contribution in [1.29, 1.82) is 0 Å². The van der Waals surface area contributed by atoms with E-state index in [1.54, 1.807) is 6.92 Å². The molecule has 0 spiro atoms. The molecule has 0 aliphatic heterocycles. The Morgan fingerprint density at radius 2 is 1.07 bits per heavy atom. The molecule has 1 aliphatic carbocycles. The van der Waals surface area contributed by atoms with E-state index in [-0.39, 0.29) is 98.6 Å². The van der Waals surface area contributed by atoms with Gasteiger partial charge in [0.25, 0.3) is 0 Å². The standard InChI is InChI=1S/C28H22N2O10S2.2Na/c1-13-3-6-16(22(11-13)42(38,39)40)30-18-8-10-20(32)26-24(18)27(33)23-17(7-9-19(31)25(23)28(26)34)29-15-5-4-14(2)21(12-15)41(35,36)37;;/h3-12,29-32H,1-2H3,(H,35,36,37)(H,38,39,40);;/q;2*+1/p-2. The van der Waals surface area contributed by atoms with E-state index in [0.717, 1.165) is 24.3 Å². The molecule has 44 heavy (non-hydrogen) atoms. The Labute approximate surface area is 296 Å². The second kappa shape index (κ2) is 12.9. The molecule has 0 fully saturated rings. The van der Waals surface area contributed by atoms with Crippen LogP contribution in [0.1, 0.15) is 43.0 Å². The van der Waals surface area contributed by atoms with Crippen molar-refractivity contribution in [2.45, 2.75) is 23.6 Å². The van der Waals surface area contributed by atoms with Crippen LogP contribution in [0.15, 0.2) is 70.5 Å². The van der Waals surface area contributed by atoms with Gasteiger partial charge in [0.15, 0.2) is 5.78 Å². The van der Waals surface area contributed by atoms with Gasteiger partial charge in [0.1, 0.15) is 31.7 Å². The van der Waals surface area contributed by atoms with Gasteiger partial charge in [-0.15, -0.1) is 0 Å². The number of phenolic OH excluding ortho intramolecular Hbond substituents is 2. The quantitative estimate of drug-likeness (QED) is 0.0872. The van der Waals surface area contributed by atoms with Crippen LogP contribution in [-0.4, -0.2) is 47.7 Å². The fourth-order valence-corrected chi connectivity index (χ4v) is 6.21. The minimum Gasteiger partial charge on any atom is -0.744 e. The predicted octanol–water partition coefficient (Wildman–Crippen LogP) is -2.21. The van der Waals surface area contributed by atoms with Crippen LogP contribution in [0.2, 0.25) is 0 Å². The Kier molecular flexibility index (Phi) is 10.5. The molecule has 0 radical (unpaired) electrons. The number of carbonyl (C=O) groups excluding carboxylic acids is 2. The average Bonchev–Trinajstić information content (AvgIpc) is 2.89. The van der Waals surface area contributed by atoms with Crippen LogP contribution in [0.3, 0.4) is 0 Å². The molecule has 12 nitrogen and oxygen atoms in total. The molecule has 4 aromatic carbocycles. The van der Waals surface area contributed by atoms with Crippen molar-refractivity contribution in [3.63, 3.8) is 0 Å². The van der Waals surface area contributed by atoms with Crippen molar-refractivity contribution in [1.82, 2.24) is 0 Å². The Morgan fingerprint density at radius 3 is 1.59 bits per heavy atom. The summed E-state index contributed by atoms with van der Waals surface area (Å²) in [6, 6.07) is 12.5. The fourth-order valence-electron chi connectivity index (χ4n) is 4.76. The number of phenols is 2. The monoisotopic (exact) mass is 654 g/mol. The maximum atomic E-state index is 14.0. The van der Waals surface area contributed by atoms with Gasteiger partial charge in [0.05, 0.1) is 49.1 Å². The van der Waals surface area contributed by atoms with Gasteiger partial charge in [-0.3, -0.25) is 9.59 Å². The zero-order valence-corrected chi connectivity index (χ0v) is 29.4. The van der Waals surface area contributed by atoms with Gasteiger partial charge in [-0.05, 0) is 73.5 Å². The third-order valence-electron chi connectivity index (χ3n) is 6.69. The topological polar surface area (TPSA) is 213 Å². The number of hydrogen-bond donors (Lipinski definition) is 4. The molecule has 216 valence electrons. The summed E-state index contributed by atoms with van der Waals surface area (Å²) in [7, 11) is -9.81. The van der Waals surface area contributed by atoms with Gasteiger partial charge >= 0.3 is 59.1 Å². The van der Waals surface area contributed by atoms with Crippen LogP contribution in [0, 0.1) is 13.8 Å². The van der Waals surface area contributed by atoms with Gasteiger partial charge in [-0.25, -0.2) is 16.8 Å². The fraction of sp³-hybridized carbons (Fsp3) is 0.0714. The van der Waals surface area contributed by atoms with Crippen LogP contribution >= 0.6 is 0 Å². The van der Waals surface area contributed by atoms with Gasteiger partial charge in [-0.2, -0.15) is 0 Å². The average molecular weight is 655 g/mol. The van der Waals surface area contributed by atoms with E-state index in [2.05, 4.69) is 10.6 Å². The summed E-state index contributed by atoms with van der Waals surface area (Å²) < 4.78 is 70.9. The molecule has 0 unspecified atom stereocenters. The van der Waals surface area contributed by atoms with Crippen LogP contribution in [0.25, 0.3) is 0 Å². The van der Waals surface area contributed by atoms with Crippen LogP contribution in [-0.2, 0) is 20.2 Å². The van der Waals surface area contributed by atoms with Crippen molar-refractivity contribution >= 4 is 54.6 Å². The number of benzene rings is 4. The molecule has 5 rings (SSSR count). The zero-order valence-electron chi connectivity index (χ0n) is 23.8. The summed E-state index contributed by atoms with van der Waals surface area (Å²) in [5, 5.41) is 26.7.